The van der Waals surface area contributed by atoms with Crippen LogP contribution in [0.15, 0.2) is 84.9 Å². The van der Waals surface area contributed by atoms with Gasteiger partial charge >= 0.3 is 5.97 Å². The fourth-order valence-corrected chi connectivity index (χ4v) is 6.99. The van der Waals surface area contributed by atoms with E-state index >= 15 is 0 Å². The van der Waals surface area contributed by atoms with Gasteiger partial charge in [0.15, 0.2) is 0 Å². The molecule has 0 bridgehead atoms. The third-order valence-corrected chi connectivity index (χ3v) is 9.71. The van der Waals surface area contributed by atoms with E-state index < -0.39 is 5.97 Å². The number of anilines is 1. The summed E-state index contributed by atoms with van der Waals surface area (Å²) >= 11 is 0. The zero-order valence-electron chi connectivity index (χ0n) is 28.6. The molecule has 0 radical (unpaired) electrons. The second-order valence-corrected chi connectivity index (χ2v) is 12.7. The van der Waals surface area contributed by atoms with Crippen LogP contribution in [-0.2, 0) is 24.9 Å². The minimum atomic E-state index is -0.993. The second kappa shape index (κ2) is 14.0. The van der Waals surface area contributed by atoms with Gasteiger partial charge in [0.1, 0.15) is 29.5 Å². The lowest BCUT2D eigenvalue weighted by Gasteiger charge is -2.35. The molecular formula is C40H41N5O5. The molecule has 50 heavy (non-hydrogen) atoms. The molecule has 0 aliphatic carbocycles. The molecule has 1 fully saturated rings. The average molecular weight is 672 g/mol. The van der Waals surface area contributed by atoms with Gasteiger partial charge in [-0.1, -0.05) is 54.6 Å². The smallest absolute Gasteiger partial charge is 0.352 e. The Balaban J connectivity index is 1.08. The highest BCUT2D eigenvalue weighted by atomic mass is 16.5. The Morgan fingerprint density at radius 3 is 2.36 bits per heavy atom. The number of nitrogens with zero attached hydrogens (tertiary/aromatic N) is 4. The van der Waals surface area contributed by atoms with Crippen LogP contribution >= 0.6 is 0 Å². The predicted molar refractivity (Wildman–Crippen MR) is 195 cm³/mol. The number of aryl methyl sites for hydroxylation is 2. The number of hydrogen-bond donors (Lipinski definition) is 2. The number of rotatable bonds is 11. The summed E-state index contributed by atoms with van der Waals surface area (Å²) in [5.41, 5.74) is 6.33. The Kier molecular flexibility index (Phi) is 9.17. The molecule has 256 valence electrons. The van der Waals surface area contributed by atoms with E-state index in [0.29, 0.717) is 19.4 Å². The van der Waals surface area contributed by atoms with E-state index in [1.807, 2.05) is 96.3 Å². The van der Waals surface area contributed by atoms with Crippen LogP contribution in [0.3, 0.4) is 0 Å². The molecule has 1 saturated heterocycles. The molecule has 2 aromatic heterocycles. The molecule has 0 atom stereocenters. The van der Waals surface area contributed by atoms with Crippen molar-refractivity contribution in [2.24, 2.45) is 7.05 Å². The van der Waals surface area contributed by atoms with E-state index in [0.717, 1.165) is 93.1 Å². The molecule has 4 aromatic carbocycles. The Bertz CT molecular complexity index is 2170. The number of nitrogens with one attached hydrogen (secondary N) is 1. The van der Waals surface area contributed by atoms with Crippen LogP contribution in [0.4, 0.5) is 5.69 Å². The number of H-pyrrole nitrogens is 1. The zero-order valence-corrected chi connectivity index (χ0v) is 28.6. The molecule has 1 aliphatic heterocycles. The SMILES string of the molecule is CC(=O)N1CCN(c2ccc(OCc3nn(C)c(C)c3-c3cccc4c(CCCOc5cccc6ccccc56)c(C(=O)O)[nH]c34)cc2)CC1. The first-order chi connectivity index (χ1) is 24.3. The maximum atomic E-state index is 12.5. The maximum Gasteiger partial charge on any atom is 0.352 e. The second-order valence-electron chi connectivity index (χ2n) is 12.7. The number of carbonyl (C=O) groups is 2. The highest BCUT2D eigenvalue weighted by Gasteiger charge is 2.23. The molecule has 0 spiro atoms. The molecular weight excluding hydrogens is 630 g/mol. The normalized spacial score (nSPS) is 13.3. The number of carboxylic acid groups (broad SMARTS) is 1. The van der Waals surface area contributed by atoms with Gasteiger partial charge in [0.25, 0.3) is 0 Å². The molecule has 2 N–H and O–H groups in total. The van der Waals surface area contributed by atoms with E-state index in [-0.39, 0.29) is 18.2 Å². The molecule has 0 saturated carbocycles. The fourth-order valence-electron chi connectivity index (χ4n) is 6.99. The zero-order chi connectivity index (χ0) is 34.8. The van der Waals surface area contributed by atoms with Crippen LogP contribution in [0.5, 0.6) is 11.5 Å². The lowest BCUT2D eigenvalue weighted by molar-refractivity contribution is -0.129. The van der Waals surface area contributed by atoms with Crippen molar-refractivity contribution in [1.82, 2.24) is 19.7 Å². The Morgan fingerprint density at radius 2 is 1.60 bits per heavy atom. The van der Waals surface area contributed by atoms with Gasteiger partial charge in [-0.3, -0.25) is 9.48 Å². The Hall–Kier alpha value is -5.77. The van der Waals surface area contributed by atoms with Crippen LogP contribution in [-0.4, -0.2) is 69.4 Å². The van der Waals surface area contributed by atoms with E-state index in [1.54, 1.807) is 6.92 Å². The lowest BCUT2D eigenvalue weighted by atomic mass is 9.98. The van der Waals surface area contributed by atoms with Crippen molar-refractivity contribution in [2.45, 2.75) is 33.3 Å². The minimum Gasteiger partial charge on any atom is -0.493 e. The van der Waals surface area contributed by atoms with Crippen LogP contribution in [0, 0.1) is 6.92 Å². The largest absolute Gasteiger partial charge is 0.493 e. The number of ether oxygens (including phenoxy) is 2. The molecule has 6 aromatic rings. The topological polar surface area (TPSA) is 113 Å². The quantitative estimate of drug-likeness (QED) is 0.143. The summed E-state index contributed by atoms with van der Waals surface area (Å²) in [5.74, 6) is 0.675. The fraction of sp³-hybridized carbons (Fsp3) is 0.275. The summed E-state index contributed by atoms with van der Waals surface area (Å²) in [6, 6.07) is 28.1. The predicted octanol–water partition coefficient (Wildman–Crippen LogP) is 6.99. The van der Waals surface area contributed by atoms with Gasteiger partial charge in [0.2, 0.25) is 5.91 Å². The van der Waals surface area contributed by atoms with Crippen molar-refractivity contribution >= 4 is 39.2 Å². The summed E-state index contributed by atoms with van der Waals surface area (Å²) in [5, 5.41) is 18.1. The summed E-state index contributed by atoms with van der Waals surface area (Å²) in [6.07, 6.45) is 1.19. The van der Waals surface area contributed by atoms with Crippen molar-refractivity contribution in [1.29, 1.82) is 0 Å². The summed E-state index contributed by atoms with van der Waals surface area (Å²) in [6.45, 7) is 7.37. The highest BCUT2D eigenvalue weighted by molar-refractivity contribution is 6.03. The maximum absolute atomic E-state index is 12.5. The van der Waals surface area contributed by atoms with Gasteiger partial charge in [-0.2, -0.15) is 5.10 Å². The number of amides is 1. The van der Waals surface area contributed by atoms with Crippen LogP contribution in [0.1, 0.15) is 40.8 Å². The number of aromatic carboxylic acids is 1. The number of carboxylic acids is 1. The molecule has 7 rings (SSSR count). The third kappa shape index (κ3) is 6.48. The van der Waals surface area contributed by atoms with Crippen molar-refractivity contribution < 1.29 is 24.2 Å². The number of para-hydroxylation sites is 1. The van der Waals surface area contributed by atoms with Gasteiger partial charge in [-0.25, -0.2) is 4.79 Å². The van der Waals surface area contributed by atoms with Gasteiger partial charge in [0.05, 0.1) is 12.1 Å². The molecule has 1 aliphatic rings. The first-order valence-electron chi connectivity index (χ1n) is 17.0. The van der Waals surface area contributed by atoms with Crippen LogP contribution in [0.25, 0.3) is 32.8 Å². The number of carbonyl (C=O) groups excluding carboxylic acids is 1. The van der Waals surface area contributed by atoms with E-state index in [9.17, 15) is 14.7 Å². The number of hydrogen-bond acceptors (Lipinski definition) is 6. The molecule has 10 heteroatoms. The Labute approximate surface area is 290 Å². The third-order valence-electron chi connectivity index (χ3n) is 9.71. The van der Waals surface area contributed by atoms with E-state index in [4.69, 9.17) is 14.6 Å². The first kappa shape index (κ1) is 32.8. The van der Waals surface area contributed by atoms with Crippen molar-refractivity contribution in [3.63, 3.8) is 0 Å². The number of benzene rings is 4. The Morgan fingerprint density at radius 1 is 0.880 bits per heavy atom. The first-order valence-corrected chi connectivity index (χ1v) is 17.0. The van der Waals surface area contributed by atoms with Gasteiger partial charge in [0, 0.05) is 73.4 Å². The highest BCUT2D eigenvalue weighted by Crippen LogP contribution is 2.36. The summed E-state index contributed by atoms with van der Waals surface area (Å²) in [4.78, 5) is 31.6. The molecule has 1 amide bonds. The molecule has 3 heterocycles. The standard InChI is InChI=1S/C40H41N5O5/c1-26-37(35(42-43(26)3)25-50-30-18-16-29(17-19-30)45-22-20-44(21-23-45)27(2)46)34-13-7-12-32-33(39(40(47)48)41-38(32)34)14-8-24-49-36-15-6-10-28-9-4-5-11-31(28)36/h4-7,9-13,15-19,41H,8,14,20-25H2,1-3H3,(H,47,48). The van der Waals surface area contributed by atoms with E-state index in [1.165, 1.54) is 0 Å². The number of aromatic nitrogens is 3. The molecule has 10 nitrogen and oxygen atoms in total. The van der Waals surface area contributed by atoms with Crippen LogP contribution < -0.4 is 14.4 Å². The summed E-state index contributed by atoms with van der Waals surface area (Å²) in [7, 11) is 1.90. The van der Waals surface area contributed by atoms with Crippen molar-refractivity contribution in [3.8, 4) is 22.6 Å². The van der Waals surface area contributed by atoms with Gasteiger partial charge in [-0.15, -0.1) is 0 Å². The van der Waals surface area contributed by atoms with Gasteiger partial charge < -0.3 is 29.4 Å². The summed E-state index contributed by atoms with van der Waals surface area (Å²) < 4.78 is 14.3. The van der Waals surface area contributed by atoms with Crippen LogP contribution in [0.2, 0.25) is 0 Å². The van der Waals surface area contributed by atoms with Crippen molar-refractivity contribution in [2.75, 3.05) is 37.7 Å². The number of aromatic amines is 1. The monoisotopic (exact) mass is 671 g/mol. The lowest BCUT2D eigenvalue weighted by Crippen LogP contribution is -2.48. The average Bonchev–Trinajstić information content (AvgIpc) is 3.65. The minimum absolute atomic E-state index is 0.117. The number of fused-ring (bicyclic) bond motifs is 2. The van der Waals surface area contributed by atoms with Crippen molar-refractivity contribution in [3.05, 3.63) is 108 Å². The molecule has 0 unspecified atom stereocenters. The van der Waals surface area contributed by atoms with E-state index in [2.05, 4.69) is 22.0 Å². The van der Waals surface area contributed by atoms with Gasteiger partial charge in [-0.05, 0) is 61.0 Å². The number of piperazine rings is 1.